The lowest BCUT2D eigenvalue weighted by molar-refractivity contribution is -0.150. The van der Waals surface area contributed by atoms with E-state index in [1.807, 2.05) is 72.7 Å². The summed E-state index contributed by atoms with van der Waals surface area (Å²) in [5.41, 5.74) is 3.64. The number of Topliss-reactive ketones (excluding diaryl/α,β-unsaturated/α-hetero) is 1. The predicted molar refractivity (Wildman–Crippen MR) is 180 cm³/mol. The highest BCUT2D eigenvalue weighted by molar-refractivity contribution is 9.10. The lowest BCUT2D eigenvalue weighted by Crippen LogP contribution is -2.56. The van der Waals surface area contributed by atoms with Crippen LogP contribution in [0.5, 0.6) is 11.5 Å². The average molecular weight is 680 g/mol. The number of aryl methyl sites for hydroxylation is 2. The summed E-state index contributed by atoms with van der Waals surface area (Å²) in [4.78, 5) is 42.3. The highest BCUT2D eigenvalue weighted by Crippen LogP contribution is 2.50. The zero-order valence-corrected chi connectivity index (χ0v) is 28.8. The zero-order chi connectivity index (χ0) is 33.2. The minimum Gasteiger partial charge on any atom is -0.490 e. The van der Waals surface area contributed by atoms with Crippen molar-refractivity contribution in [2.75, 3.05) is 17.2 Å². The largest absolute Gasteiger partial charge is 0.490 e. The first kappa shape index (κ1) is 34.2. The molecule has 0 bridgehead atoms. The maximum Gasteiger partial charge on any atom is 0.235 e. The number of benzene rings is 3. The van der Waals surface area contributed by atoms with E-state index >= 15 is 0 Å². The maximum absolute atomic E-state index is 14.3. The summed E-state index contributed by atoms with van der Waals surface area (Å²) < 4.78 is 12.5. The Bertz CT molecular complexity index is 1620. The molecule has 0 heterocycles. The number of hydrogen-bond donors (Lipinski definition) is 3. The molecule has 0 radical (unpaired) electrons. The Morgan fingerprint density at radius 1 is 0.978 bits per heavy atom. The third-order valence-electron chi connectivity index (χ3n) is 8.63. The molecule has 1 aliphatic rings. The molecule has 1 saturated carbocycles. The van der Waals surface area contributed by atoms with Gasteiger partial charge in [-0.25, -0.2) is 0 Å². The summed E-state index contributed by atoms with van der Waals surface area (Å²) >= 11 is 3.61. The molecule has 9 heteroatoms. The number of ether oxygens (including phenoxy) is 2. The van der Waals surface area contributed by atoms with Gasteiger partial charge < -0.3 is 25.2 Å². The van der Waals surface area contributed by atoms with E-state index in [0.29, 0.717) is 39.5 Å². The molecule has 240 valence electrons. The normalized spacial score (nSPS) is 21.4. The number of ketones is 1. The highest BCUT2D eigenvalue weighted by Gasteiger charge is 2.56. The van der Waals surface area contributed by atoms with Gasteiger partial charge in [-0.3, -0.25) is 14.4 Å². The van der Waals surface area contributed by atoms with Crippen molar-refractivity contribution in [2.45, 2.75) is 79.4 Å². The molecule has 3 aromatic rings. The van der Waals surface area contributed by atoms with Crippen LogP contribution in [0.4, 0.5) is 11.4 Å². The van der Waals surface area contributed by atoms with Gasteiger partial charge in [0.1, 0.15) is 11.7 Å². The van der Waals surface area contributed by atoms with Crippen molar-refractivity contribution in [3.63, 3.8) is 0 Å². The number of carbonyl (C=O) groups excluding carboxylic acids is 3. The first-order valence-electron chi connectivity index (χ1n) is 15.3. The van der Waals surface area contributed by atoms with Gasteiger partial charge in [0, 0.05) is 23.7 Å². The van der Waals surface area contributed by atoms with Crippen LogP contribution >= 0.6 is 15.9 Å². The third kappa shape index (κ3) is 7.25. The third-order valence-corrected chi connectivity index (χ3v) is 9.22. The van der Waals surface area contributed by atoms with Crippen LogP contribution in [-0.4, -0.2) is 41.0 Å². The molecular weight excluding hydrogens is 636 g/mol. The van der Waals surface area contributed by atoms with Gasteiger partial charge in [-0.1, -0.05) is 24.3 Å². The maximum atomic E-state index is 14.3. The summed E-state index contributed by atoms with van der Waals surface area (Å²) in [5, 5.41) is 17.8. The molecule has 0 aliphatic heterocycles. The van der Waals surface area contributed by atoms with E-state index < -0.39 is 41.0 Å². The SMILES string of the molecule is CCOc1cc(C2C(C(=O)Nc3cccc(C)c3C)C(=O)CC(C)(O)C2C(=O)Nc2cccc(C)c2C)cc(Br)c1OC(C)C. The van der Waals surface area contributed by atoms with Crippen molar-refractivity contribution in [3.8, 4) is 11.5 Å². The standard InChI is InChI=1S/C36H43BrN2O6/c1-9-44-29-17-24(16-25(37)33(29)45-19(2)3)30-31(34(41)38-26-14-10-12-20(4)22(26)6)28(40)18-36(8,43)32(30)35(42)39-27-15-11-13-21(5)23(27)7/h10-17,19,30-32,43H,9,18H2,1-8H3,(H,38,41)(H,39,42). The van der Waals surface area contributed by atoms with E-state index in [1.54, 1.807) is 24.3 Å². The summed E-state index contributed by atoms with van der Waals surface area (Å²) in [6.07, 6.45) is -0.525. The quantitative estimate of drug-likeness (QED) is 0.207. The summed E-state index contributed by atoms with van der Waals surface area (Å²) in [6, 6.07) is 14.6. The highest BCUT2D eigenvalue weighted by atomic mass is 79.9. The molecule has 4 unspecified atom stereocenters. The molecule has 8 nitrogen and oxygen atoms in total. The lowest BCUT2D eigenvalue weighted by atomic mass is 9.61. The van der Waals surface area contributed by atoms with Crippen LogP contribution in [0, 0.1) is 39.5 Å². The number of hydrogen-bond acceptors (Lipinski definition) is 6. The van der Waals surface area contributed by atoms with Crippen LogP contribution in [-0.2, 0) is 14.4 Å². The van der Waals surface area contributed by atoms with Crippen LogP contribution in [0.15, 0.2) is 53.0 Å². The number of nitrogens with one attached hydrogen (secondary N) is 2. The number of carbonyl (C=O) groups is 3. The second kappa shape index (κ2) is 13.7. The summed E-state index contributed by atoms with van der Waals surface area (Å²) in [5.74, 6) is -4.13. The van der Waals surface area contributed by atoms with Gasteiger partial charge in [-0.2, -0.15) is 0 Å². The Morgan fingerprint density at radius 3 is 2.07 bits per heavy atom. The van der Waals surface area contributed by atoms with E-state index in [0.717, 1.165) is 22.3 Å². The molecule has 4 atom stereocenters. The van der Waals surface area contributed by atoms with E-state index in [1.165, 1.54) is 6.92 Å². The molecule has 3 N–H and O–H groups in total. The monoisotopic (exact) mass is 678 g/mol. The Labute approximate surface area is 274 Å². The smallest absolute Gasteiger partial charge is 0.235 e. The van der Waals surface area contributed by atoms with Crippen LogP contribution in [0.1, 0.15) is 67.9 Å². The van der Waals surface area contributed by atoms with Gasteiger partial charge in [-0.15, -0.1) is 0 Å². The molecule has 2 amide bonds. The van der Waals surface area contributed by atoms with E-state index in [-0.39, 0.29) is 12.5 Å². The molecule has 0 spiro atoms. The van der Waals surface area contributed by atoms with Crippen molar-refractivity contribution in [3.05, 3.63) is 80.8 Å². The van der Waals surface area contributed by atoms with Crippen molar-refractivity contribution in [2.24, 2.45) is 11.8 Å². The minimum absolute atomic E-state index is 0.157. The molecule has 0 aromatic heterocycles. The number of amides is 2. The Hall–Kier alpha value is -3.69. The molecule has 45 heavy (non-hydrogen) atoms. The van der Waals surface area contributed by atoms with Gasteiger partial charge in [0.05, 0.1) is 28.7 Å². The van der Waals surface area contributed by atoms with Crippen molar-refractivity contribution in [1.29, 1.82) is 0 Å². The van der Waals surface area contributed by atoms with Crippen LogP contribution in [0.2, 0.25) is 0 Å². The Morgan fingerprint density at radius 2 is 1.53 bits per heavy atom. The lowest BCUT2D eigenvalue weighted by Gasteiger charge is -2.44. The average Bonchev–Trinajstić information content (AvgIpc) is 2.94. The van der Waals surface area contributed by atoms with Crippen molar-refractivity contribution < 1.29 is 29.0 Å². The van der Waals surface area contributed by atoms with Crippen molar-refractivity contribution in [1.82, 2.24) is 0 Å². The fourth-order valence-corrected chi connectivity index (χ4v) is 6.63. The zero-order valence-electron chi connectivity index (χ0n) is 27.2. The second-order valence-electron chi connectivity index (χ2n) is 12.4. The number of halogens is 1. The molecule has 1 fully saturated rings. The first-order valence-corrected chi connectivity index (χ1v) is 16.1. The number of rotatable bonds is 9. The van der Waals surface area contributed by atoms with Crippen molar-refractivity contribution >= 4 is 44.9 Å². The topological polar surface area (TPSA) is 114 Å². The Balaban J connectivity index is 1.90. The molecule has 0 saturated heterocycles. The molecule has 4 rings (SSSR count). The fourth-order valence-electron chi connectivity index (χ4n) is 6.08. The van der Waals surface area contributed by atoms with Gasteiger partial charge in [0.2, 0.25) is 11.8 Å². The Kier molecular flexibility index (Phi) is 10.4. The first-order chi connectivity index (χ1) is 21.2. The minimum atomic E-state index is -1.76. The number of anilines is 2. The van der Waals surface area contributed by atoms with Gasteiger partial charge in [0.25, 0.3) is 0 Å². The molecule has 3 aromatic carbocycles. The van der Waals surface area contributed by atoms with E-state index in [2.05, 4.69) is 26.6 Å². The molecule has 1 aliphatic carbocycles. The summed E-state index contributed by atoms with van der Waals surface area (Å²) in [6.45, 7) is 15.2. The van der Waals surface area contributed by atoms with Gasteiger partial charge in [0.15, 0.2) is 11.5 Å². The van der Waals surface area contributed by atoms with Gasteiger partial charge in [-0.05, 0) is 123 Å². The summed E-state index contributed by atoms with van der Waals surface area (Å²) in [7, 11) is 0. The van der Waals surface area contributed by atoms with Crippen LogP contribution in [0.3, 0.4) is 0 Å². The van der Waals surface area contributed by atoms with Crippen LogP contribution < -0.4 is 20.1 Å². The van der Waals surface area contributed by atoms with E-state index in [9.17, 15) is 19.5 Å². The molecular formula is C36H43BrN2O6. The van der Waals surface area contributed by atoms with Crippen LogP contribution in [0.25, 0.3) is 0 Å². The predicted octanol–water partition coefficient (Wildman–Crippen LogP) is 7.19. The number of aliphatic hydroxyl groups is 1. The second-order valence-corrected chi connectivity index (χ2v) is 13.2. The fraction of sp³-hybridized carbons (Fsp3) is 0.417. The van der Waals surface area contributed by atoms with E-state index in [4.69, 9.17) is 9.47 Å². The van der Waals surface area contributed by atoms with Gasteiger partial charge >= 0.3 is 0 Å².